The lowest BCUT2D eigenvalue weighted by Gasteiger charge is -1.93. The molecule has 1 aromatic heterocycles. The molecule has 5 nitrogen and oxygen atoms in total. The van der Waals surface area contributed by atoms with Crippen molar-refractivity contribution in [2.45, 2.75) is 0 Å². The fraction of sp³-hybridized carbons (Fsp3) is 0. The normalized spacial score (nSPS) is 10.9. The van der Waals surface area contributed by atoms with Gasteiger partial charge >= 0.3 is 5.97 Å². The molecule has 0 aliphatic carbocycles. The van der Waals surface area contributed by atoms with Gasteiger partial charge in [0, 0.05) is 16.5 Å². The third-order valence-corrected chi connectivity index (χ3v) is 2.98. The lowest BCUT2D eigenvalue weighted by Crippen LogP contribution is -1.97. The highest BCUT2D eigenvalue weighted by Crippen LogP contribution is 2.09. The standard InChI is InChI=1S/C9H7NO2.C7H5ClO2/c11-10-9-6-5-7-3-1-2-4-8(7)12-9;8-6-3-1-5(2-4-6)7(9)10/h1-6,11H;1-4H,(H,9,10). The van der Waals surface area contributed by atoms with Crippen molar-refractivity contribution in [2.24, 2.45) is 5.16 Å². The molecule has 0 spiro atoms. The smallest absolute Gasteiger partial charge is 0.335 e. The molecule has 2 aromatic carbocycles. The highest BCUT2D eigenvalue weighted by Gasteiger charge is 1.99. The van der Waals surface area contributed by atoms with Crippen LogP contribution in [0.1, 0.15) is 10.4 Å². The van der Waals surface area contributed by atoms with Crippen molar-refractivity contribution in [3.8, 4) is 0 Å². The van der Waals surface area contributed by atoms with Crippen molar-refractivity contribution < 1.29 is 19.5 Å². The van der Waals surface area contributed by atoms with Crippen LogP contribution < -0.4 is 5.55 Å². The van der Waals surface area contributed by atoms with Gasteiger partial charge < -0.3 is 14.7 Å². The van der Waals surface area contributed by atoms with Gasteiger partial charge in [-0.3, -0.25) is 0 Å². The summed E-state index contributed by atoms with van der Waals surface area (Å²) in [7, 11) is 0. The van der Waals surface area contributed by atoms with Gasteiger partial charge in [0.25, 0.3) is 5.55 Å². The van der Waals surface area contributed by atoms with Crippen LogP contribution in [-0.4, -0.2) is 16.3 Å². The van der Waals surface area contributed by atoms with E-state index >= 15 is 0 Å². The lowest BCUT2D eigenvalue weighted by atomic mass is 10.2. The van der Waals surface area contributed by atoms with Crippen LogP contribution in [0.4, 0.5) is 0 Å². The van der Waals surface area contributed by atoms with Gasteiger partial charge in [-0.1, -0.05) is 29.8 Å². The highest BCUT2D eigenvalue weighted by molar-refractivity contribution is 6.30. The fourth-order valence-electron chi connectivity index (χ4n) is 1.67. The summed E-state index contributed by atoms with van der Waals surface area (Å²) in [6.07, 6.45) is 0. The first kappa shape index (κ1) is 15.6. The second-order valence-corrected chi connectivity index (χ2v) is 4.66. The summed E-state index contributed by atoms with van der Waals surface area (Å²) in [6.45, 7) is 0. The van der Waals surface area contributed by atoms with Crippen molar-refractivity contribution in [1.82, 2.24) is 0 Å². The number of para-hydroxylation sites is 1. The van der Waals surface area contributed by atoms with Crippen LogP contribution in [0.25, 0.3) is 11.0 Å². The van der Waals surface area contributed by atoms with Gasteiger partial charge in [-0.15, -0.1) is 0 Å². The molecular weight excluding hydrogens is 306 g/mol. The third kappa shape index (κ3) is 4.10. The molecular formula is C16H12ClNO4. The predicted molar refractivity (Wildman–Crippen MR) is 82.0 cm³/mol. The largest absolute Gasteiger partial charge is 0.478 e. The lowest BCUT2D eigenvalue weighted by molar-refractivity contribution is 0.0697. The van der Waals surface area contributed by atoms with E-state index in [4.69, 9.17) is 26.3 Å². The number of carboxylic acid groups (broad SMARTS) is 1. The second kappa shape index (κ2) is 7.28. The zero-order valence-electron chi connectivity index (χ0n) is 11.3. The zero-order chi connectivity index (χ0) is 15.9. The van der Waals surface area contributed by atoms with E-state index in [-0.39, 0.29) is 11.1 Å². The van der Waals surface area contributed by atoms with Crippen LogP contribution in [0.3, 0.4) is 0 Å². The third-order valence-electron chi connectivity index (χ3n) is 2.73. The summed E-state index contributed by atoms with van der Waals surface area (Å²) in [6, 6.07) is 17.0. The summed E-state index contributed by atoms with van der Waals surface area (Å²) in [4.78, 5) is 10.3. The van der Waals surface area contributed by atoms with Gasteiger partial charge in [-0.2, -0.15) is 0 Å². The van der Waals surface area contributed by atoms with E-state index in [0.29, 0.717) is 10.6 Å². The highest BCUT2D eigenvalue weighted by atomic mass is 35.5. The Morgan fingerprint density at radius 3 is 2.32 bits per heavy atom. The number of aromatic carboxylic acids is 1. The van der Waals surface area contributed by atoms with Crippen molar-refractivity contribution in [1.29, 1.82) is 0 Å². The monoisotopic (exact) mass is 317 g/mol. The molecule has 3 aromatic rings. The molecule has 0 amide bonds. The number of carbonyl (C=O) groups is 1. The molecule has 0 aliphatic rings. The number of nitrogens with zero attached hydrogens (tertiary/aromatic N) is 1. The number of halogens is 1. The quantitative estimate of drug-likeness (QED) is 0.529. The van der Waals surface area contributed by atoms with E-state index in [2.05, 4.69) is 5.16 Å². The summed E-state index contributed by atoms with van der Waals surface area (Å²) in [5.74, 6) is -0.934. The molecule has 0 saturated heterocycles. The maximum Gasteiger partial charge on any atom is 0.335 e. The molecule has 0 atom stereocenters. The molecule has 2 N–H and O–H groups in total. The minimum Gasteiger partial charge on any atom is -0.478 e. The first-order valence-electron chi connectivity index (χ1n) is 6.26. The van der Waals surface area contributed by atoms with Crippen LogP contribution in [0.15, 0.2) is 70.2 Å². The van der Waals surface area contributed by atoms with E-state index in [1.54, 1.807) is 18.2 Å². The Bertz CT molecular complexity index is 840. The van der Waals surface area contributed by atoms with Gasteiger partial charge in [-0.25, -0.2) is 4.79 Å². The molecule has 0 fully saturated rings. The number of hydrogen-bond donors (Lipinski definition) is 2. The number of hydrogen-bond acceptors (Lipinski definition) is 4. The van der Waals surface area contributed by atoms with E-state index in [9.17, 15) is 4.79 Å². The first-order chi connectivity index (χ1) is 10.6. The number of fused-ring (bicyclic) bond motifs is 1. The molecule has 0 unspecified atom stereocenters. The zero-order valence-corrected chi connectivity index (χ0v) is 12.1. The summed E-state index contributed by atoms with van der Waals surface area (Å²) in [5, 5.41) is 21.4. The summed E-state index contributed by atoms with van der Waals surface area (Å²) >= 11 is 5.52. The molecule has 0 aliphatic heterocycles. The van der Waals surface area contributed by atoms with E-state index in [1.807, 2.05) is 30.3 Å². The maximum atomic E-state index is 10.3. The van der Waals surface area contributed by atoms with E-state index < -0.39 is 5.97 Å². The topological polar surface area (TPSA) is 83.0 Å². The molecule has 0 radical (unpaired) electrons. The van der Waals surface area contributed by atoms with Gasteiger partial charge in [0.15, 0.2) is 0 Å². The Balaban J connectivity index is 0.000000164. The maximum absolute atomic E-state index is 10.3. The Kier molecular flexibility index (Phi) is 5.16. The molecule has 1 heterocycles. The molecule has 3 rings (SSSR count). The molecule has 6 heteroatoms. The Morgan fingerprint density at radius 2 is 1.68 bits per heavy atom. The van der Waals surface area contributed by atoms with Crippen molar-refractivity contribution in [2.75, 3.05) is 0 Å². The molecule has 112 valence electrons. The van der Waals surface area contributed by atoms with Gasteiger partial charge in [-0.05, 0) is 41.6 Å². The van der Waals surface area contributed by atoms with Crippen molar-refractivity contribution in [3.05, 3.63) is 76.8 Å². The average molecular weight is 318 g/mol. The van der Waals surface area contributed by atoms with Gasteiger partial charge in [0.2, 0.25) is 0 Å². The Labute approximate surface area is 130 Å². The summed E-state index contributed by atoms with van der Waals surface area (Å²) in [5.41, 5.74) is 1.19. The van der Waals surface area contributed by atoms with Crippen LogP contribution >= 0.6 is 11.6 Å². The molecule has 22 heavy (non-hydrogen) atoms. The number of carboxylic acids is 1. The minimum atomic E-state index is -0.934. The SMILES string of the molecule is O=C(O)c1ccc(Cl)cc1.ON=c1ccc2ccccc2o1. The molecule has 0 saturated carbocycles. The first-order valence-corrected chi connectivity index (χ1v) is 6.64. The van der Waals surface area contributed by atoms with Crippen LogP contribution in [0.2, 0.25) is 5.02 Å². The van der Waals surface area contributed by atoms with Crippen molar-refractivity contribution in [3.63, 3.8) is 0 Å². The molecule has 0 bridgehead atoms. The van der Waals surface area contributed by atoms with Crippen molar-refractivity contribution >= 4 is 28.5 Å². The van der Waals surface area contributed by atoms with Gasteiger partial charge in [0.05, 0.1) is 5.56 Å². The van der Waals surface area contributed by atoms with Gasteiger partial charge in [0.1, 0.15) is 5.58 Å². The predicted octanol–water partition coefficient (Wildman–Crippen LogP) is 3.76. The Morgan fingerprint density at radius 1 is 1.00 bits per heavy atom. The Hall–Kier alpha value is -2.79. The average Bonchev–Trinajstić information content (AvgIpc) is 2.55. The fourth-order valence-corrected chi connectivity index (χ4v) is 1.79. The second-order valence-electron chi connectivity index (χ2n) is 4.22. The van der Waals surface area contributed by atoms with Crippen LogP contribution in [0, 0.1) is 0 Å². The van der Waals surface area contributed by atoms with E-state index in [0.717, 1.165) is 5.39 Å². The van der Waals surface area contributed by atoms with Crippen LogP contribution in [0.5, 0.6) is 0 Å². The van der Waals surface area contributed by atoms with E-state index in [1.165, 1.54) is 12.1 Å². The minimum absolute atomic E-state index is 0.216. The summed E-state index contributed by atoms with van der Waals surface area (Å²) < 4.78 is 5.19. The number of benzene rings is 2. The van der Waals surface area contributed by atoms with Crippen LogP contribution in [-0.2, 0) is 0 Å². The number of rotatable bonds is 1.